The molecule has 0 aliphatic rings. The molecule has 0 unspecified atom stereocenters. The molecule has 0 aromatic heterocycles. The summed E-state index contributed by atoms with van der Waals surface area (Å²) in [5.41, 5.74) is 5.70. The van der Waals surface area contributed by atoms with Gasteiger partial charge < -0.3 is 5.73 Å². The second-order valence-corrected chi connectivity index (χ2v) is 1.52. The van der Waals surface area contributed by atoms with E-state index < -0.39 is 0 Å². The van der Waals surface area contributed by atoms with Crippen molar-refractivity contribution < 1.29 is 4.39 Å². The lowest BCUT2D eigenvalue weighted by molar-refractivity contribution is 0.624. The van der Waals surface area contributed by atoms with Crippen molar-refractivity contribution in [1.82, 2.24) is 0 Å². The maximum absolute atomic E-state index is 11.9. The summed E-state index contributed by atoms with van der Waals surface area (Å²) >= 11 is 0. The molecule has 0 bridgehead atoms. The number of nitrogens with two attached hydrogens (primary N) is 1. The van der Waals surface area contributed by atoms with Gasteiger partial charge in [-0.2, -0.15) is 0 Å². The molecular weight excluding hydrogens is 93.1 g/mol. The van der Waals surface area contributed by atoms with E-state index in [1.54, 1.807) is 6.92 Å². The van der Waals surface area contributed by atoms with Crippen LogP contribution in [-0.2, 0) is 0 Å². The molecule has 0 radical (unpaired) electrons. The molecule has 0 rings (SSSR count). The van der Waals surface area contributed by atoms with Crippen molar-refractivity contribution in [3.05, 3.63) is 11.4 Å². The van der Waals surface area contributed by atoms with Gasteiger partial charge in [0.1, 0.15) is 0 Å². The van der Waals surface area contributed by atoms with Gasteiger partial charge in [-0.25, -0.2) is 4.39 Å². The van der Waals surface area contributed by atoms with E-state index in [-0.39, 0.29) is 5.83 Å². The van der Waals surface area contributed by atoms with Crippen LogP contribution in [0.25, 0.3) is 0 Å². The van der Waals surface area contributed by atoms with Gasteiger partial charge in [0.15, 0.2) is 0 Å². The smallest absolute Gasteiger partial charge is 0.0970 e. The molecule has 0 aliphatic carbocycles. The van der Waals surface area contributed by atoms with Crippen LogP contribution in [0.4, 0.5) is 4.39 Å². The predicted octanol–water partition coefficient (Wildman–Crippen LogP) is 1.21. The van der Waals surface area contributed by atoms with Crippen LogP contribution in [0.5, 0.6) is 0 Å². The zero-order valence-corrected chi connectivity index (χ0v) is 4.66. The van der Waals surface area contributed by atoms with Crippen molar-refractivity contribution in [2.45, 2.75) is 13.8 Å². The first-order valence-corrected chi connectivity index (χ1v) is 2.20. The molecule has 1 nitrogen and oxygen atoms in total. The molecule has 0 saturated carbocycles. The Kier molecular flexibility index (Phi) is 2.60. The van der Waals surface area contributed by atoms with Crippen molar-refractivity contribution >= 4 is 0 Å². The van der Waals surface area contributed by atoms with E-state index in [0.717, 1.165) is 0 Å². The van der Waals surface area contributed by atoms with Gasteiger partial charge in [0, 0.05) is 6.54 Å². The molecule has 0 atom stereocenters. The van der Waals surface area contributed by atoms with Crippen LogP contribution in [0, 0.1) is 0 Å². The highest BCUT2D eigenvalue weighted by Crippen LogP contribution is 1.99. The van der Waals surface area contributed by atoms with Crippen LogP contribution in [0.15, 0.2) is 11.4 Å². The van der Waals surface area contributed by atoms with Crippen molar-refractivity contribution in [3.8, 4) is 0 Å². The van der Waals surface area contributed by atoms with Gasteiger partial charge in [0.05, 0.1) is 5.83 Å². The Labute approximate surface area is 43.0 Å². The molecule has 42 valence electrons. The Bertz CT molecular complexity index is 82.1. The van der Waals surface area contributed by atoms with Crippen LogP contribution in [-0.4, -0.2) is 6.54 Å². The summed E-state index contributed by atoms with van der Waals surface area (Å²) in [5, 5.41) is 0. The molecule has 0 saturated heterocycles. The normalized spacial score (nSPS) is 13.7. The lowest BCUT2D eigenvalue weighted by Crippen LogP contribution is -2.00. The second kappa shape index (κ2) is 2.75. The molecule has 0 aliphatic heterocycles. The first-order valence-electron chi connectivity index (χ1n) is 2.20. The van der Waals surface area contributed by atoms with Gasteiger partial charge in [0.2, 0.25) is 0 Å². The second-order valence-electron chi connectivity index (χ2n) is 1.52. The summed E-state index contributed by atoms with van der Waals surface area (Å²) in [4.78, 5) is 0. The third kappa shape index (κ3) is 2.34. The summed E-state index contributed by atoms with van der Waals surface area (Å²) in [7, 11) is 0. The SMILES string of the molecule is CC(F)=C(C)CN. The Morgan fingerprint density at radius 1 is 1.57 bits per heavy atom. The van der Waals surface area contributed by atoms with Gasteiger partial charge in [-0.05, 0) is 19.4 Å². The van der Waals surface area contributed by atoms with E-state index in [2.05, 4.69) is 0 Å². The molecule has 0 heterocycles. The van der Waals surface area contributed by atoms with Crippen LogP contribution in [0.1, 0.15) is 13.8 Å². The van der Waals surface area contributed by atoms with Gasteiger partial charge in [-0.1, -0.05) is 0 Å². The summed E-state index contributed by atoms with van der Waals surface area (Å²) < 4.78 is 11.9. The van der Waals surface area contributed by atoms with E-state index in [1.807, 2.05) is 0 Å². The van der Waals surface area contributed by atoms with E-state index >= 15 is 0 Å². The fraction of sp³-hybridized carbons (Fsp3) is 0.600. The fourth-order valence-electron chi connectivity index (χ4n) is 0.141. The molecule has 2 heteroatoms. The zero-order chi connectivity index (χ0) is 5.86. The Hall–Kier alpha value is -0.370. The maximum atomic E-state index is 11.9. The van der Waals surface area contributed by atoms with E-state index in [0.29, 0.717) is 12.1 Å². The first kappa shape index (κ1) is 6.63. The largest absolute Gasteiger partial charge is 0.327 e. The highest BCUT2D eigenvalue weighted by atomic mass is 19.1. The molecule has 2 N–H and O–H groups in total. The van der Waals surface area contributed by atoms with E-state index in [9.17, 15) is 4.39 Å². The van der Waals surface area contributed by atoms with Gasteiger partial charge in [-0.3, -0.25) is 0 Å². The lowest BCUT2D eigenvalue weighted by atomic mass is 10.3. The van der Waals surface area contributed by atoms with E-state index in [1.165, 1.54) is 6.92 Å². The average Bonchev–Trinajstić information content (AvgIpc) is 1.65. The molecule has 0 aromatic rings. The predicted molar refractivity (Wildman–Crippen MR) is 28.5 cm³/mol. The standard InChI is InChI=1S/C5H10FN/c1-4(3-7)5(2)6/h3,7H2,1-2H3. The quantitative estimate of drug-likeness (QED) is 0.530. The number of allylic oxidation sites excluding steroid dienone is 1. The molecule has 7 heavy (non-hydrogen) atoms. The Morgan fingerprint density at radius 3 is 2.00 bits per heavy atom. The average molecular weight is 103 g/mol. The summed E-state index contributed by atoms with van der Waals surface area (Å²) in [6, 6.07) is 0. The highest BCUT2D eigenvalue weighted by Gasteiger charge is 1.87. The monoisotopic (exact) mass is 103 g/mol. The number of hydrogen-bond donors (Lipinski definition) is 1. The van der Waals surface area contributed by atoms with Gasteiger partial charge in [0.25, 0.3) is 0 Å². The molecule has 0 amide bonds. The maximum Gasteiger partial charge on any atom is 0.0970 e. The number of rotatable bonds is 1. The molecule has 0 spiro atoms. The first-order chi connectivity index (χ1) is 3.18. The van der Waals surface area contributed by atoms with Crippen molar-refractivity contribution in [2.75, 3.05) is 6.54 Å². The van der Waals surface area contributed by atoms with Crippen LogP contribution in [0.2, 0.25) is 0 Å². The molecule has 0 fully saturated rings. The number of hydrogen-bond acceptors (Lipinski definition) is 1. The molecular formula is C5H10FN. The molecule has 0 aromatic carbocycles. The van der Waals surface area contributed by atoms with Gasteiger partial charge in [-0.15, -0.1) is 0 Å². The minimum absolute atomic E-state index is 0.164. The Balaban J connectivity index is 3.72. The van der Waals surface area contributed by atoms with Crippen LogP contribution in [0.3, 0.4) is 0 Å². The van der Waals surface area contributed by atoms with Crippen molar-refractivity contribution in [1.29, 1.82) is 0 Å². The lowest BCUT2D eigenvalue weighted by Gasteiger charge is -1.90. The fourth-order valence-corrected chi connectivity index (χ4v) is 0.141. The van der Waals surface area contributed by atoms with Crippen molar-refractivity contribution in [2.24, 2.45) is 5.73 Å². The highest BCUT2D eigenvalue weighted by molar-refractivity contribution is 5.02. The third-order valence-corrected chi connectivity index (χ3v) is 0.894. The summed E-state index contributed by atoms with van der Waals surface area (Å²) in [5.74, 6) is -0.164. The van der Waals surface area contributed by atoms with Crippen LogP contribution < -0.4 is 5.73 Å². The summed E-state index contributed by atoms with van der Waals surface area (Å²) in [6.45, 7) is 3.40. The summed E-state index contributed by atoms with van der Waals surface area (Å²) in [6.07, 6.45) is 0. The van der Waals surface area contributed by atoms with Crippen molar-refractivity contribution in [3.63, 3.8) is 0 Å². The van der Waals surface area contributed by atoms with E-state index in [4.69, 9.17) is 5.73 Å². The minimum atomic E-state index is -0.164. The van der Waals surface area contributed by atoms with Crippen LogP contribution >= 0.6 is 0 Å². The number of halogens is 1. The third-order valence-electron chi connectivity index (χ3n) is 0.894. The Morgan fingerprint density at radius 2 is 2.00 bits per heavy atom. The zero-order valence-electron chi connectivity index (χ0n) is 4.66. The minimum Gasteiger partial charge on any atom is -0.327 e. The topological polar surface area (TPSA) is 26.0 Å². The van der Waals surface area contributed by atoms with Gasteiger partial charge >= 0.3 is 0 Å².